The van der Waals surface area contributed by atoms with Gasteiger partial charge in [0.2, 0.25) is 5.91 Å². The number of benzene rings is 2. The van der Waals surface area contributed by atoms with Gasteiger partial charge in [0.25, 0.3) is 5.91 Å². The van der Waals surface area contributed by atoms with Crippen molar-refractivity contribution >= 4 is 23.2 Å². The second-order valence-electron chi connectivity index (χ2n) is 10.3. The maximum Gasteiger partial charge on any atom is 0.416 e. The van der Waals surface area contributed by atoms with E-state index in [9.17, 15) is 40.3 Å². The van der Waals surface area contributed by atoms with Gasteiger partial charge in [-0.15, -0.1) is 11.3 Å². The number of carbonyl (C=O) groups excluding carboxylic acids is 2. The molecule has 1 atom stereocenters. The minimum absolute atomic E-state index is 0.0175. The lowest BCUT2D eigenvalue weighted by molar-refractivity contribution is -0.143. The molecule has 1 fully saturated rings. The molecule has 1 aromatic heterocycles. The molecule has 2 aromatic carbocycles. The van der Waals surface area contributed by atoms with Crippen molar-refractivity contribution in [3.8, 4) is 0 Å². The Balaban J connectivity index is 1.30. The van der Waals surface area contributed by atoms with Crippen LogP contribution in [0.2, 0.25) is 0 Å². The maximum atomic E-state index is 14.1. The van der Waals surface area contributed by atoms with Crippen molar-refractivity contribution in [3.05, 3.63) is 92.4 Å². The van der Waals surface area contributed by atoms with Gasteiger partial charge in [0.1, 0.15) is 5.82 Å². The highest BCUT2D eigenvalue weighted by Crippen LogP contribution is 2.38. The van der Waals surface area contributed by atoms with Crippen LogP contribution < -0.4 is 0 Å². The minimum Gasteiger partial charge on any atom is -0.340 e. The van der Waals surface area contributed by atoms with Gasteiger partial charge >= 0.3 is 12.4 Å². The van der Waals surface area contributed by atoms with Gasteiger partial charge in [0.05, 0.1) is 23.7 Å². The van der Waals surface area contributed by atoms with Crippen molar-refractivity contribution in [3.63, 3.8) is 0 Å². The quantitative estimate of drug-likeness (QED) is 0.327. The summed E-state index contributed by atoms with van der Waals surface area (Å²) in [7, 11) is 0. The van der Waals surface area contributed by atoms with Gasteiger partial charge in [-0.05, 0) is 65.7 Å². The number of hydrogen-bond donors (Lipinski definition) is 0. The zero-order valence-electron chi connectivity index (χ0n) is 22.1. The fourth-order valence-electron chi connectivity index (χ4n) is 5.51. The molecular weight excluding hydrogens is 587 g/mol. The van der Waals surface area contributed by atoms with Crippen LogP contribution in [0.5, 0.6) is 0 Å². The van der Waals surface area contributed by atoms with E-state index in [1.807, 2.05) is 22.4 Å². The van der Waals surface area contributed by atoms with Crippen LogP contribution >= 0.6 is 11.3 Å². The SMILES string of the molecule is O=C(CN1CCc2sccc2[C@H]1c1cccc(F)c1)N1CCCN(C(=O)c2cc(C(F)(F)F)cc(C(F)(F)F)c2)CC1. The molecule has 0 bridgehead atoms. The number of nitrogens with zero attached hydrogens (tertiary/aromatic N) is 3. The van der Waals surface area contributed by atoms with Crippen LogP contribution in [0.3, 0.4) is 0 Å². The van der Waals surface area contributed by atoms with Gasteiger partial charge in [0, 0.05) is 43.2 Å². The molecule has 5 rings (SSSR count). The molecule has 13 heteroatoms. The molecule has 0 aliphatic carbocycles. The van der Waals surface area contributed by atoms with Gasteiger partial charge in [0.15, 0.2) is 0 Å². The lowest BCUT2D eigenvalue weighted by Gasteiger charge is -2.37. The van der Waals surface area contributed by atoms with E-state index in [1.165, 1.54) is 21.9 Å². The predicted octanol–water partition coefficient (Wildman–Crippen LogP) is 6.25. The third-order valence-electron chi connectivity index (χ3n) is 7.54. The number of halogens is 7. The fourth-order valence-corrected chi connectivity index (χ4v) is 6.41. The maximum absolute atomic E-state index is 14.1. The Morgan fingerprint density at radius 1 is 0.833 bits per heavy atom. The van der Waals surface area contributed by atoms with Crippen molar-refractivity contribution in [2.75, 3.05) is 39.3 Å². The van der Waals surface area contributed by atoms with Crippen molar-refractivity contribution in [1.82, 2.24) is 14.7 Å². The summed E-state index contributed by atoms with van der Waals surface area (Å²) in [5.41, 5.74) is -2.11. The molecule has 3 aromatic rings. The summed E-state index contributed by atoms with van der Waals surface area (Å²) in [5.74, 6) is -1.59. The summed E-state index contributed by atoms with van der Waals surface area (Å²) < 4.78 is 93.9. The fraction of sp³-hybridized carbons (Fsp3) is 0.379. The van der Waals surface area contributed by atoms with Crippen molar-refractivity contribution in [2.45, 2.75) is 31.2 Å². The van der Waals surface area contributed by atoms with Gasteiger partial charge in [-0.2, -0.15) is 26.3 Å². The predicted molar refractivity (Wildman–Crippen MR) is 141 cm³/mol. The minimum atomic E-state index is -5.07. The Kier molecular flexibility index (Phi) is 8.35. The molecule has 0 unspecified atom stereocenters. The standard InChI is InChI=1S/C29H26F7N3O2S/c30-22-4-1-3-18(15-22)26-23-6-12-42-24(23)5-9-39(26)17-25(40)37-7-2-8-38(11-10-37)27(41)19-13-20(28(31,32)33)16-21(14-19)29(34,35)36/h1,3-4,6,12-16,26H,2,5,7-11,17H2/t26-/m1/s1. The molecule has 0 radical (unpaired) electrons. The highest BCUT2D eigenvalue weighted by molar-refractivity contribution is 7.10. The summed E-state index contributed by atoms with van der Waals surface area (Å²) in [6, 6.07) is 8.70. The van der Waals surface area contributed by atoms with E-state index in [0.29, 0.717) is 30.7 Å². The first-order chi connectivity index (χ1) is 19.8. The van der Waals surface area contributed by atoms with Crippen LogP contribution in [0.25, 0.3) is 0 Å². The van der Waals surface area contributed by atoms with E-state index in [1.54, 1.807) is 22.3 Å². The zero-order valence-corrected chi connectivity index (χ0v) is 23.0. The summed E-state index contributed by atoms with van der Waals surface area (Å²) >= 11 is 1.61. The molecule has 42 heavy (non-hydrogen) atoms. The molecule has 3 heterocycles. The summed E-state index contributed by atoms with van der Waals surface area (Å²) in [6.45, 7) is 0.931. The van der Waals surface area contributed by atoms with Crippen LogP contribution in [0.15, 0.2) is 53.9 Å². The van der Waals surface area contributed by atoms with Gasteiger partial charge in [-0.3, -0.25) is 14.5 Å². The first kappa shape index (κ1) is 30.0. The third kappa shape index (κ3) is 6.46. The van der Waals surface area contributed by atoms with Crippen LogP contribution in [0.4, 0.5) is 30.7 Å². The number of hydrogen-bond acceptors (Lipinski definition) is 4. The molecule has 2 amide bonds. The van der Waals surface area contributed by atoms with E-state index in [4.69, 9.17) is 0 Å². The Labute approximate surface area is 241 Å². The molecule has 224 valence electrons. The number of rotatable bonds is 4. The van der Waals surface area contributed by atoms with Crippen LogP contribution in [0, 0.1) is 5.82 Å². The Morgan fingerprint density at radius 2 is 1.50 bits per heavy atom. The van der Waals surface area contributed by atoms with Crippen LogP contribution in [-0.2, 0) is 23.6 Å². The third-order valence-corrected chi connectivity index (χ3v) is 8.54. The highest BCUT2D eigenvalue weighted by atomic mass is 32.1. The van der Waals surface area contributed by atoms with Gasteiger partial charge in [-0.1, -0.05) is 12.1 Å². The molecular formula is C29H26F7N3O2S. The number of alkyl halides is 6. The van der Waals surface area contributed by atoms with Crippen LogP contribution in [0.1, 0.15) is 50.0 Å². The highest BCUT2D eigenvalue weighted by Gasteiger charge is 2.38. The smallest absolute Gasteiger partial charge is 0.340 e. The molecule has 0 saturated carbocycles. The molecule has 5 nitrogen and oxygen atoms in total. The molecule has 0 N–H and O–H groups in total. The van der Waals surface area contributed by atoms with E-state index in [-0.39, 0.29) is 56.6 Å². The first-order valence-corrected chi connectivity index (χ1v) is 14.1. The molecule has 1 saturated heterocycles. The number of thiophene rings is 1. The van der Waals surface area contributed by atoms with Gasteiger partial charge < -0.3 is 9.80 Å². The Bertz CT molecular complexity index is 1440. The lowest BCUT2D eigenvalue weighted by Crippen LogP contribution is -2.45. The van der Waals surface area contributed by atoms with Crippen molar-refractivity contribution < 1.29 is 40.3 Å². The topological polar surface area (TPSA) is 43.9 Å². The monoisotopic (exact) mass is 613 g/mol. The van der Waals surface area contributed by atoms with Gasteiger partial charge in [-0.25, -0.2) is 4.39 Å². The zero-order chi connectivity index (χ0) is 30.2. The van der Waals surface area contributed by atoms with Crippen molar-refractivity contribution in [2.24, 2.45) is 0 Å². The molecule has 2 aliphatic rings. The number of fused-ring (bicyclic) bond motifs is 1. The average Bonchev–Trinajstić information content (AvgIpc) is 3.26. The Morgan fingerprint density at radius 3 is 2.17 bits per heavy atom. The second kappa shape index (κ2) is 11.7. The van der Waals surface area contributed by atoms with E-state index >= 15 is 0 Å². The first-order valence-electron chi connectivity index (χ1n) is 13.2. The van der Waals surface area contributed by atoms with E-state index in [0.717, 1.165) is 12.0 Å². The lowest BCUT2D eigenvalue weighted by atomic mass is 9.93. The van der Waals surface area contributed by atoms with E-state index in [2.05, 4.69) is 0 Å². The molecule has 0 spiro atoms. The Hall–Kier alpha value is -3.45. The van der Waals surface area contributed by atoms with Crippen molar-refractivity contribution in [1.29, 1.82) is 0 Å². The largest absolute Gasteiger partial charge is 0.416 e. The normalized spacial score (nSPS) is 18.5. The van der Waals surface area contributed by atoms with Crippen LogP contribution in [-0.4, -0.2) is 65.8 Å². The summed E-state index contributed by atoms with van der Waals surface area (Å²) in [4.78, 5) is 32.4. The summed E-state index contributed by atoms with van der Waals surface area (Å²) in [6.07, 6.45) is -9.12. The average molecular weight is 614 g/mol. The number of carbonyl (C=O) groups is 2. The summed E-state index contributed by atoms with van der Waals surface area (Å²) in [5, 5.41) is 1.96. The number of amides is 2. The van der Waals surface area contributed by atoms with E-state index < -0.39 is 35.0 Å². The second-order valence-corrected chi connectivity index (χ2v) is 11.3. The molecule has 2 aliphatic heterocycles.